The summed E-state index contributed by atoms with van der Waals surface area (Å²) in [5, 5.41) is 0. The molecule has 1 atom stereocenters. The third-order valence-electron chi connectivity index (χ3n) is 1.55. The molecule has 0 aliphatic carbocycles. The van der Waals surface area contributed by atoms with Crippen molar-refractivity contribution < 1.29 is 4.74 Å². The first-order valence-corrected chi connectivity index (χ1v) is 4.76. The molecule has 0 bridgehead atoms. The van der Waals surface area contributed by atoms with Crippen molar-refractivity contribution in [2.75, 3.05) is 7.11 Å². The predicted octanol–water partition coefficient (Wildman–Crippen LogP) is 3.19. The van der Waals surface area contributed by atoms with Crippen LogP contribution in [0.4, 0.5) is 0 Å². The Kier molecular flexibility index (Phi) is 3.17. The van der Waals surface area contributed by atoms with Crippen molar-refractivity contribution >= 4 is 22.6 Å². The number of benzene rings is 1. The number of rotatable bonds is 2. The highest BCUT2D eigenvalue weighted by molar-refractivity contribution is 14.1. The van der Waals surface area contributed by atoms with Crippen molar-refractivity contribution in [3.63, 3.8) is 0 Å². The molecule has 0 saturated carbocycles. The fourth-order valence-electron chi connectivity index (χ4n) is 0.889. The van der Waals surface area contributed by atoms with Crippen molar-refractivity contribution in [2.45, 2.75) is 10.8 Å². The number of hydrogen-bond acceptors (Lipinski definition) is 1. The van der Waals surface area contributed by atoms with Crippen LogP contribution in [0.3, 0.4) is 0 Å². The Balaban J connectivity index is 2.91. The van der Waals surface area contributed by atoms with Gasteiger partial charge in [0.25, 0.3) is 0 Å². The highest BCUT2D eigenvalue weighted by Gasteiger charge is 2.00. The van der Waals surface area contributed by atoms with E-state index in [0.29, 0.717) is 3.92 Å². The molecule has 1 nitrogen and oxygen atoms in total. The van der Waals surface area contributed by atoms with Gasteiger partial charge in [0.1, 0.15) is 5.75 Å². The maximum atomic E-state index is 5.10. The third-order valence-corrected chi connectivity index (χ3v) is 2.27. The van der Waals surface area contributed by atoms with E-state index in [0.717, 1.165) is 5.75 Å². The molecule has 1 unspecified atom stereocenters. The molecule has 1 aromatic carbocycles. The lowest BCUT2D eigenvalue weighted by atomic mass is 10.2. The van der Waals surface area contributed by atoms with Crippen molar-refractivity contribution in [1.82, 2.24) is 0 Å². The van der Waals surface area contributed by atoms with Crippen LogP contribution in [0.25, 0.3) is 0 Å². The summed E-state index contributed by atoms with van der Waals surface area (Å²) in [6.45, 7) is 2.16. The van der Waals surface area contributed by atoms with E-state index in [1.54, 1.807) is 7.11 Å². The Hall–Kier alpha value is -0.250. The van der Waals surface area contributed by atoms with Crippen molar-refractivity contribution in [3.8, 4) is 5.75 Å². The van der Waals surface area contributed by atoms with Crippen molar-refractivity contribution in [3.05, 3.63) is 29.8 Å². The standard InChI is InChI=1S/C9H11IO/c1-7(10)8-4-3-5-9(6-8)11-2/h3-7H,1-2H3. The summed E-state index contributed by atoms with van der Waals surface area (Å²) in [5.41, 5.74) is 1.31. The first-order chi connectivity index (χ1) is 5.24. The molecule has 0 amide bonds. The van der Waals surface area contributed by atoms with Crippen LogP contribution in [0.5, 0.6) is 5.75 Å². The van der Waals surface area contributed by atoms with Crippen LogP contribution in [0.2, 0.25) is 0 Å². The van der Waals surface area contributed by atoms with E-state index < -0.39 is 0 Å². The SMILES string of the molecule is COc1cccc(C(C)I)c1. The van der Waals surface area contributed by atoms with E-state index in [1.807, 2.05) is 12.1 Å². The molecule has 0 radical (unpaired) electrons. The second-order valence-electron chi connectivity index (χ2n) is 2.39. The molecular formula is C9H11IO. The van der Waals surface area contributed by atoms with Gasteiger partial charge in [-0.15, -0.1) is 0 Å². The van der Waals surface area contributed by atoms with E-state index >= 15 is 0 Å². The number of methoxy groups -OCH3 is 1. The number of hydrogen-bond donors (Lipinski definition) is 0. The van der Waals surface area contributed by atoms with Crippen LogP contribution in [0.15, 0.2) is 24.3 Å². The summed E-state index contributed by atoms with van der Waals surface area (Å²) in [4.78, 5) is 0. The van der Waals surface area contributed by atoms with Gasteiger partial charge in [-0.05, 0) is 24.6 Å². The summed E-state index contributed by atoms with van der Waals surface area (Å²) in [6, 6.07) is 8.16. The zero-order valence-corrected chi connectivity index (χ0v) is 8.83. The minimum absolute atomic E-state index is 0.544. The fourth-order valence-corrected chi connectivity index (χ4v) is 1.28. The molecule has 0 aromatic heterocycles. The van der Waals surface area contributed by atoms with Gasteiger partial charge in [0.15, 0.2) is 0 Å². The molecule has 1 rings (SSSR count). The Morgan fingerprint density at radius 3 is 2.73 bits per heavy atom. The number of halogens is 1. The van der Waals surface area contributed by atoms with Gasteiger partial charge in [-0.25, -0.2) is 0 Å². The minimum Gasteiger partial charge on any atom is -0.497 e. The van der Waals surface area contributed by atoms with Crippen LogP contribution in [0, 0.1) is 0 Å². The molecular weight excluding hydrogens is 251 g/mol. The van der Waals surface area contributed by atoms with Gasteiger partial charge >= 0.3 is 0 Å². The highest BCUT2D eigenvalue weighted by atomic mass is 127. The molecule has 0 heterocycles. The maximum Gasteiger partial charge on any atom is 0.119 e. The van der Waals surface area contributed by atoms with Gasteiger partial charge in [-0.3, -0.25) is 0 Å². The summed E-state index contributed by atoms with van der Waals surface area (Å²) < 4.78 is 5.65. The van der Waals surface area contributed by atoms with Crippen LogP contribution in [-0.2, 0) is 0 Å². The average Bonchev–Trinajstić information content (AvgIpc) is 2.05. The van der Waals surface area contributed by atoms with Gasteiger partial charge in [-0.2, -0.15) is 0 Å². The van der Waals surface area contributed by atoms with Crippen LogP contribution in [-0.4, -0.2) is 7.11 Å². The molecule has 0 spiro atoms. The van der Waals surface area contributed by atoms with Gasteiger partial charge in [0.05, 0.1) is 7.11 Å². The Labute approximate surface area is 80.9 Å². The predicted molar refractivity (Wildman–Crippen MR) is 55.4 cm³/mol. The number of ether oxygens (including phenoxy) is 1. The second kappa shape index (κ2) is 3.95. The molecule has 0 fully saturated rings. The smallest absolute Gasteiger partial charge is 0.119 e. The molecule has 0 aliphatic rings. The van der Waals surface area contributed by atoms with Gasteiger partial charge in [0.2, 0.25) is 0 Å². The lowest BCUT2D eigenvalue weighted by molar-refractivity contribution is 0.414. The monoisotopic (exact) mass is 262 g/mol. The molecule has 11 heavy (non-hydrogen) atoms. The van der Waals surface area contributed by atoms with E-state index in [2.05, 4.69) is 41.6 Å². The van der Waals surface area contributed by atoms with E-state index in [1.165, 1.54) is 5.56 Å². The molecule has 0 saturated heterocycles. The van der Waals surface area contributed by atoms with Gasteiger partial charge in [-0.1, -0.05) is 34.7 Å². The molecule has 60 valence electrons. The average molecular weight is 262 g/mol. The summed E-state index contributed by atoms with van der Waals surface area (Å²) in [5.74, 6) is 0.936. The van der Waals surface area contributed by atoms with Crippen LogP contribution >= 0.6 is 22.6 Å². The van der Waals surface area contributed by atoms with E-state index in [9.17, 15) is 0 Å². The first kappa shape index (κ1) is 8.84. The quantitative estimate of drug-likeness (QED) is 0.587. The molecule has 1 aromatic rings. The normalized spacial score (nSPS) is 12.6. The van der Waals surface area contributed by atoms with Gasteiger partial charge in [0, 0.05) is 3.92 Å². The lowest BCUT2D eigenvalue weighted by Crippen LogP contribution is -1.86. The van der Waals surface area contributed by atoms with Gasteiger partial charge < -0.3 is 4.74 Å². The maximum absolute atomic E-state index is 5.10. The van der Waals surface area contributed by atoms with E-state index in [-0.39, 0.29) is 0 Å². The second-order valence-corrected chi connectivity index (χ2v) is 4.26. The lowest BCUT2D eigenvalue weighted by Gasteiger charge is -2.05. The molecule has 2 heteroatoms. The fraction of sp³-hybridized carbons (Fsp3) is 0.333. The Morgan fingerprint density at radius 1 is 1.45 bits per heavy atom. The minimum atomic E-state index is 0.544. The van der Waals surface area contributed by atoms with Crippen LogP contribution in [0.1, 0.15) is 16.4 Å². The summed E-state index contributed by atoms with van der Waals surface area (Å²) >= 11 is 2.39. The molecule has 0 N–H and O–H groups in total. The summed E-state index contributed by atoms with van der Waals surface area (Å²) in [6.07, 6.45) is 0. The summed E-state index contributed by atoms with van der Waals surface area (Å²) in [7, 11) is 1.69. The number of alkyl halides is 1. The molecule has 0 aliphatic heterocycles. The zero-order chi connectivity index (χ0) is 8.27. The Morgan fingerprint density at radius 2 is 2.18 bits per heavy atom. The zero-order valence-electron chi connectivity index (χ0n) is 6.67. The van der Waals surface area contributed by atoms with Crippen LogP contribution < -0.4 is 4.74 Å². The van der Waals surface area contributed by atoms with Crippen molar-refractivity contribution in [1.29, 1.82) is 0 Å². The first-order valence-electron chi connectivity index (χ1n) is 3.52. The highest BCUT2D eigenvalue weighted by Crippen LogP contribution is 2.25. The largest absolute Gasteiger partial charge is 0.497 e. The third kappa shape index (κ3) is 2.36. The topological polar surface area (TPSA) is 9.23 Å². The van der Waals surface area contributed by atoms with E-state index in [4.69, 9.17) is 4.74 Å². The van der Waals surface area contributed by atoms with Crippen molar-refractivity contribution in [2.24, 2.45) is 0 Å². The Bertz CT molecular complexity index is 233.